The van der Waals surface area contributed by atoms with Crippen LogP contribution in [0, 0.1) is 12.8 Å². The van der Waals surface area contributed by atoms with Crippen molar-refractivity contribution in [3.05, 3.63) is 34.1 Å². The summed E-state index contributed by atoms with van der Waals surface area (Å²) in [5, 5.41) is 7.37. The van der Waals surface area contributed by atoms with Crippen molar-refractivity contribution < 1.29 is 4.52 Å². The smallest absolute Gasteiger partial charge is 0.240 e. The van der Waals surface area contributed by atoms with Crippen LogP contribution >= 0.6 is 15.9 Å². The molecule has 1 aromatic heterocycles. The Kier molecular flexibility index (Phi) is 3.66. The first-order valence-corrected chi connectivity index (χ1v) is 7.31. The van der Waals surface area contributed by atoms with Gasteiger partial charge >= 0.3 is 0 Å². The molecule has 1 heterocycles. The minimum Gasteiger partial charge on any atom is -0.338 e. The molecule has 0 spiro atoms. The Hall–Kier alpha value is -1.20. The summed E-state index contributed by atoms with van der Waals surface area (Å²) in [4.78, 5) is 4.41. The lowest BCUT2D eigenvalue weighted by molar-refractivity contribution is 0.367. The van der Waals surface area contributed by atoms with E-state index < -0.39 is 0 Å². The molecule has 1 N–H and O–H groups in total. The normalized spacial score (nSPS) is 14.8. The zero-order valence-electron chi connectivity index (χ0n) is 10.8. The van der Waals surface area contributed by atoms with Crippen LogP contribution < -0.4 is 5.32 Å². The van der Waals surface area contributed by atoms with Crippen LogP contribution in [0.2, 0.25) is 0 Å². The van der Waals surface area contributed by atoms with Crippen LogP contribution in [-0.2, 0) is 6.54 Å². The molecule has 0 unspecified atom stereocenters. The minimum atomic E-state index is 0.643. The summed E-state index contributed by atoms with van der Waals surface area (Å²) in [5.41, 5.74) is 2.16. The summed E-state index contributed by atoms with van der Waals surface area (Å²) in [5.74, 6) is 2.15. The Morgan fingerprint density at radius 2 is 2.26 bits per heavy atom. The first kappa shape index (κ1) is 12.8. The Labute approximate surface area is 120 Å². The SMILES string of the molecule is Cc1ccc(-c2noc(CNCC3CC3)n2)cc1Br. The number of nitrogens with zero attached hydrogens (tertiary/aromatic N) is 2. The third-order valence-electron chi connectivity index (χ3n) is 3.30. The van der Waals surface area contributed by atoms with Gasteiger partial charge in [0, 0.05) is 10.0 Å². The summed E-state index contributed by atoms with van der Waals surface area (Å²) in [7, 11) is 0. The average molecular weight is 322 g/mol. The van der Waals surface area contributed by atoms with E-state index in [4.69, 9.17) is 4.52 Å². The van der Waals surface area contributed by atoms with Crippen LogP contribution in [0.1, 0.15) is 24.3 Å². The summed E-state index contributed by atoms with van der Waals surface area (Å²) in [6.07, 6.45) is 2.69. The molecule has 1 aliphatic carbocycles. The summed E-state index contributed by atoms with van der Waals surface area (Å²) < 4.78 is 6.31. The van der Waals surface area contributed by atoms with Crippen LogP contribution in [0.5, 0.6) is 0 Å². The van der Waals surface area contributed by atoms with Gasteiger partial charge in [-0.15, -0.1) is 0 Å². The third-order valence-corrected chi connectivity index (χ3v) is 4.16. The van der Waals surface area contributed by atoms with Gasteiger partial charge in [0.05, 0.1) is 6.54 Å². The first-order chi connectivity index (χ1) is 9.22. The number of hydrogen-bond acceptors (Lipinski definition) is 4. The van der Waals surface area contributed by atoms with Gasteiger partial charge < -0.3 is 9.84 Å². The summed E-state index contributed by atoms with van der Waals surface area (Å²) in [6, 6.07) is 6.06. The van der Waals surface area contributed by atoms with Crippen molar-refractivity contribution in [2.75, 3.05) is 6.54 Å². The molecule has 3 rings (SSSR count). The molecule has 2 aromatic rings. The maximum absolute atomic E-state index is 5.25. The number of halogens is 1. The lowest BCUT2D eigenvalue weighted by Gasteiger charge is -1.99. The van der Waals surface area contributed by atoms with Gasteiger partial charge in [0.25, 0.3) is 0 Å². The first-order valence-electron chi connectivity index (χ1n) is 6.52. The third kappa shape index (κ3) is 3.22. The Morgan fingerprint density at radius 1 is 1.42 bits per heavy atom. The monoisotopic (exact) mass is 321 g/mol. The molecular formula is C14H16BrN3O. The van der Waals surface area contributed by atoms with Gasteiger partial charge in [-0.2, -0.15) is 4.98 Å². The van der Waals surface area contributed by atoms with Crippen LogP contribution in [0.25, 0.3) is 11.4 Å². The van der Waals surface area contributed by atoms with E-state index in [1.807, 2.05) is 18.2 Å². The Balaban J connectivity index is 1.67. The Morgan fingerprint density at radius 3 is 3.00 bits per heavy atom. The van der Waals surface area contributed by atoms with Crippen molar-refractivity contribution in [3.63, 3.8) is 0 Å². The Bertz CT molecular complexity index is 578. The molecule has 0 bridgehead atoms. The van der Waals surface area contributed by atoms with E-state index in [0.717, 1.165) is 22.5 Å². The number of aryl methyl sites for hydroxylation is 1. The number of rotatable bonds is 5. The maximum atomic E-state index is 5.25. The van der Waals surface area contributed by atoms with Gasteiger partial charge in [-0.05, 0) is 43.9 Å². The fourth-order valence-electron chi connectivity index (χ4n) is 1.88. The lowest BCUT2D eigenvalue weighted by atomic mass is 10.1. The molecule has 0 atom stereocenters. The fourth-order valence-corrected chi connectivity index (χ4v) is 2.26. The number of nitrogens with one attached hydrogen (secondary N) is 1. The van der Waals surface area contributed by atoms with E-state index in [2.05, 4.69) is 38.3 Å². The summed E-state index contributed by atoms with van der Waals surface area (Å²) >= 11 is 3.52. The van der Waals surface area contributed by atoms with Crippen molar-refractivity contribution in [2.24, 2.45) is 5.92 Å². The van der Waals surface area contributed by atoms with Crippen LogP contribution in [-0.4, -0.2) is 16.7 Å². The molecule has 0 aliphatic heterocycles. The van der Waals surface area contributed by atoms with Gasteiger partial charge in [0.2, 0.25) is 11.7 Å². The van der Waals surface area contributed by atoms with Gasteiger partial charge in [0.1, 0.15) is 0 Å². The molecule has 0 radical (unpaired) electrons. The average Bonchev–Trinajstić information content (AvgIpc) is 3.10. The summed E-state index contributed by atoms with van der Waals surface area (Å²) in [6.45, 7) is 3.75. The fraction of sp³-hybridized carbons (Fsp3) is 0.429. The van der Waals surface area contributed by atoms with Gasteiger partial charge in [-0.1, -0.05) is 33.2 Å². The van der Waals surface area contributed by atoms with Gasteiger partial charge in [0.15, 0.2) is 0 Å². The number of aromatic nitrogens is 2. The quantitative estimate of drug-likeness (QED) is 0.917. The predicted molar refractivity (Wildman–Crippen MR) is 76.6 cm³/mol. The highest BCUT2D eigenvalue weighted by Gasteiger charge is 2.20. The minimum absolute atomic E-state index is 0.643. The van der Waals surface area contributed by atoms with E-state index in [1.54, 1.807) is 0 Å². The molecule has 0 amide bonds. The lowest BCUT2D eigenvalue weighted by Crippen LogP contribution is -2.16. The van der Waals surface area contributed by atoms with Crippen LogP contribution in [0.4, 0.5) is 0 Å². The van der Waals surface area contributed by atoms with E-state index in [0.29, 0.717) is 18.3 Å². The largest absolute Gasteiger partial charge is 0.338 e. The van der Waals surface area contributed by atoms with Gasteiger partial charge in [-0.25, -0.2) is 0 Å². The molecule has 1 saturated carbocycles. The second-order valence-corrected chi connectivity index (χ2v) is 5.90. The van der Waals surface area contributed by atoms with Crippen molar-refractivity contribution >= 4 is 15.9 Å². The zero-order valence-corrected chi connectivity index (χ0v) is 12.4. The van der Waals surface area contributed by atoms with Gasteiger partial charge in [-0.3, -0.25) is 0 Å². The number of hydrogen-bond donors (Lipinski definition) is 1. The molecule has 1 aromatic carbocycles. The molecule has 1 aliphatic rings. The topological polar surface area (TPSA) is 51.0 Å². The van der Waals surface area contributed by atoms with E-state index in [-0.39, 0.29) is 0 Å². The second kappa shape index (κ2) is 5.43. The molecule has 5 heteroatoms. The standard InChI is InChI=1S/C14H16BrN3O/c1-9-2-5-11(6-12(9)15)14-17-13(19-18-14)8-16-7-10-3-4-10/h2,5-6,10,16H,3-4,7-8H2,1H3. The maximum Gasteiger partial charge on any atom is 0.240 e. The van der Waals surface area contributed by atoms with Crippen molar-refractivity contribution in [2.45, 2.75) is 26.3 Å². The van der Waals surface area contributed by atoms with Crippen LogP contribution in [0.15, 0.2) is 27.2 Å². The number of benzene rings is 1. The molecule has 1 fully saturated rings. The van der Waals surface area contributed by atoms with E-state index in [9.17, 15) is 0 Å². The zero-order chi connectivity index (χ0) is 13.2. The van der Waals surface area contributed by atoms with Crippen LogP contribution in [0.3, 0.4) is 0 Å². The molecule has 100 valence electrons. The molecule has 19 heavy (non-hydrogen) atoms. The van der Waals surface area contributed by atoms with Crippen molar-refractivity contribution in [1.82, 2.24) is 15.5 Å². The second-order valence-electron chi connectivity index (χ2n) is 5.05. The van der Waals surface area contributed by atoms with Crippen molar-refractivity contribution in [3.8, 4) is 11.4 Å². The highest BCUT2D eigenvalue weighted by Crippen LogP contribution is 2.27. The van der Waals surface area contributed by atoms with E-state index in [1.165, 1.54) is 18.4 Å². The molecule has 4 nitrogen and oxygen atoms in total. The highest BCUT2D eigenvalue weighted by atomic mass is 79.9. The predicted octanol–water partition coefficient (Wildman–Crippen LogP) is 3.31. The van der Waals surface area contributed by atoms with E-state index >= 15 is 0 Å². The molecular weight excluding hydrogens is 306 g/mol. The molecule has 0 saturated heterocycles. The van der Waals surface area contributed by atoms with Crippen molar-refractivity contribution in [1.29, 1.82) is 0 Å². The highest BCUT2D eigenvalue weighted by molar-refractivity contribution is 9.10.